The van der Waals surface area contributed by atoms with Gasteiger partial charge in [0.1, 0.15) is 0 Å². The summed E-state index contributed by atoms with van der Waals surface area (Å²) in [4.78, 5) is 23.2. The van der Waals surface area contributed by atoms with Gasteiger partial charge < -0.3 is 14.7 Å². The van der Waals surface area contributed by atoms with E-state index in [0.717, 1.165) is 0 Å². The summed E-state index contributed by atoms with van der Waals surface area (Å²) in [6.07, 6.45) is 0. The molecule has 21 heavy (non-hydrogen) atoms. The first-order valence-corrected chi connectivity index (χ1v) is 6.06. The van der Waals surface area contributed by atoms with E-state index in [1.165, 1.54) is 12.1 Å². The summed E-state index contributed by atoms with van der Waals surface area (Å²) in [6.45, 7) is 0.712. The molecule has 10 heteroatoms. The highest BCUT2D eigenvalue weighted by molar-refractivity contribution is 5.95. The molecule has 1 aromatic heterocycles. The number of aliphatic carboxylic acids is 1. The second kappa shape index (κ2) is 4.98. The number of anilines is 1. The minimum Gasteiger partial charge on any atom is -0.480 e. The minimum atomic E-state index is -1.04. The summed E-state index contributed by atoms with van der Waals surface area (Å²) in [5.74, 6) is -1.04. The zero-order chi connectivity index (χ0) is 15.0. The number of hydrogen-bond donors (Lipinski definition) is 1. The molecule has 2 aromatic rings. The SMILES string of the molecule is O=C(O)C1COCCN1c1ccc([N+](=O)[O-])c2nonc12. The predicted molar refractivity (Wildman–Crippen MR) is 68.0 cm³/mol. The first-order chi connectivity index (χ1) is 10.1. The molecule has 2 heterocycles. The summed E-state index contributed by atoms with van der Waals surface area (Å²) >= 11 is 0. The number of benzene rings is 1. The maximum Gasteiger partial charge on any atom is 0.328 e. The quantitative estimate of drug-likeness (QED) is 0.631. The van der Waals surface area contributed by atoms with E-state index < -0.39 is 16.9 Å². The van der Waals surface area contributed by atoms with E-state index in [1.807, 2.05) is 0 Å². The van der Waals surface area contributed by atoms with Crippen LogP contribution in [0.5, 0.6) is 0 Å². The fourth-order valence-electron chi connectivity index (χ4n) is 2.32. The van der Waals surface area contributed by atoms with Crippen LogP contribution in [-0.4, -0.2) is 52.1 Å². The highest BCUT2D eigenvalue weighted by Crippen LogP contribution is 2.32. The van der Waals surface area contributed by atoms with Gasteiger partial charge in [-0.3, -0.25) is 10.1 Å². The maximum atomic E-state index is 11.3. The van der Waals surface area contributed by atoms with Gasteiger partial charge in [0, 0.05) is 12.6 Å². The van der Waals surface area contributed by atoms with Gasteiger partial charge in [0.2, 0.25) is 5.52 Å². The second-order valence-corrected chi connectivity index (χ2v) is 4.44. The molecular weight excluding hydrogens is 284 g/mol. The van der Waals surface area contributed by atoms with Crippen molar-refractivity contribution < 1.29 is 24.2 Å². The summed E-state index contributed by atoms with van der Waals surface area (Å²) in [6, 6.07) is 1.82. The van der Waals surface area contributed by atoms with Crippen LogP contribution in [-0.2, 0) is 9.53 Å². The number of aromatic nitrogens is 2. The molecule has 0 radical (unpaired) electrons. The van der Waals surface area contributed by atoms with E-state index in [4.69, 9.17) is 4.74 Å². The van der Waals surface area contributed by atoms with Crippen LogP contribution in [0.25, 0.3) is 11.0 Å². The normalized spacial score (nSPS) is 18.9. The number of carboxylic acids is 1. The van der Waals surface area contributed by atoms with Crippen LogP contribution in [0.2, 0.25) is 0 Å². The minimum absolute atomic E-state index is 0.00636. The van der Waals surface area contributed by atoms with Crippen LogP contribution < -0.4 is 4.90 Å². The molecule has 0 aliphatic carbocycles. The number of carboxylic acid groups (broad SMARTS) is 1. The van der Waals surface area contributed by atoms with E-state index in [2.05, 4.69) is 14.9 Å². The molecule has 1 atom stereocenters. The largest absolute Gasteiger partial charge is 0.480 e. The highest BCUT2D eigenvalue weighted by Gasteiger charge is 2.32. The number of non-ortho nitro benzene ring substituents is 1. The number of fused-ring (bicyclic) bond motifs is 1. The highest BCUT2D eigenvalue weighted by atomic mass is 16.6. The first-order valence-electron chi connectivity index (χ1n) is 6.06. The van der Waals surface area contributed by atoms with E-state index >= 15 is 0 Å². The Balaban J connectivity index is 2.12. The molecule has 3 rings (SSSR count). The average molecular weight is 294 g/mol. The molecule has 0 saturated carbocycles. The lowest BCUT2D eigenvalue weighted by Crippen LogP contribution is -2.50. The zero-order valence-electron chi connectivity index (χ0n) is 10.6. The summed E-state index contributed by atoms with van der Waals surface area (Å²) in [5, 5.41) is 27.4. The van der Waals surface area contributed by atoms with E-state index in [-0.39, 0.29) is 23.3 Å². The molecule has 1 N–H and O–H groups in total. The lowest BCUT2D eigenvalue weighted by Gasteiger charge is -2.34. The number of nitro benzene ring substituents is 1. The Hall–Kier alpha value is -2.75. The molecule has 110 valence electrons. The molecule has 1 fully saturated rings. The van der Waals surface area contributed by atoms with Crippen molar-refractivity contribution >= 4 is 28.4 Å². The Morgan fingerprint density at radius 1 is 1.43 bits per heavy atom. The van der Waals surface area contributed by atoms with Crippen molar-refractivity contribution in [1.29, 1.82) is 0 Å². The standard InChI is InChI=1S/C11H10N4O6/c16-11(17)8-5-20-4-3-14(8)6-1-2-7(15(18)19)10-9(6)12-21-13-10/h1-2,8H,3-5H2,(H,16,17). The van der Waals surface area contributed by atoms with Crippen LogP contribution in [0, 0.1) is 10.1 Å². The molecule has 10 nitrogen and oxygen atoms in total. The average Bonchev–Trinajstić information content (AvgIpc) is 2.95. The topological polar surface area (TPSA) is 132 Å². The molecule has 1 saturated heterocycles. The van der Waals surface area contributed by atoms with Gasteiger partial charge >= 0.3 is 11.7 Å². The third-order valence-corrected chi connectivity index (χ3v) is 3.29. The van der Waals surface area contributed by atoms with Gasteiger partial charge in [-0.1, -0.05) is 0 Å². The second-order valence-electron chi connectivity index (χ2n) is 4.44. The monoisotopic (exact) mass is 294 g/mol. The molecule has 0 spiro atoms. The summed E-state index contributed by atoms with van der Waals surface area (Å²) < 4.78 is 9.73. The van der Waals surface area contributed by atoms with Crippen molar-refractivity contribution in [3.8, 4) is 0 Å². The number of morpholine rings is 1. The predicted octanol–water partition coefficient (Wildman–Crippen LogP) is 0.421. The van der Waals surface area contributed by atoms with E-state index in [0.29, 0.717) is 18.8 Å². The zero-order valence-corrected chi connectivity index (χ0v) is 10.6. The number of nitro groups is 1. The molecule has 1 aromatic carbocycles. The number of ether oxygens (including phenoxy) is 1. The Kier molecular flexibility index (Phi) is 3.14. The van der Waals surface area contributed by atoms with E-state index in [1.54, 1.807) is 4.90 Å². The molecule has 1 aliphatic rings. The number of carbonyl (C=O) groups is 1. The summed E-state index contributed by atoms with van der Waals surface area (Å²) in [7, 11) is 0. The van der Waals surface area contributed by atoms with Gasteiger partial charge in [0.25, 0.3) is 0 Å². The lowest BCUT2D eigenvalue weighted by atomic mass is 10.1. The fourth-order valence-corrected chi connectivity index (χ4v) is 2.32. The fraction of sp³-hybridized carbons (Fsp3) is 0.364. The van der Waals surface area contributed by atoms with Gasteiger partial charge in [-0.25, -0.2) is 9.42 Å². The van der Waals surface area contributed by atoms with Crippen molar-refractivity contribution in [1.82, 2.24) is 10.3 Å². The van der Waals surface area contributed by atoms with Crippen molar-refractivity contribution in [2.24, 2.45) is 0 Å². The number of nitrogens with zero attached hydrogens (tertiary/aromatic N) is 4. The van der Waals surface area contributed by atoms with Crippen LogP contribution in [0.15, 0.2) is 16.8 Å². The molecular formula is C11H10N4O6. The van der Waals surface area contributed by atoms with Gasteiger partial charge in [-0.2, -0.15) is 0 Å². The molecule has 0 amide bonds. The third kappa shape index (κ3) is 2.14. The van der Waals surface area contributed by atoms with Gasteiger partial charge in [-0.15, -0.1) is 0 Å². The van der Waals surface area contributed by atoms with Crippen molar-refractivity contribution in [3.05, 3.63) is 22.2 Å². The molecule has 0 bridgehead atoms. The van der Waals surface area contributed by atoms with Gasteiger partial charge in [-0.05, 0) is 16.4 Å². The van der Waals surface area contributed by atoms with Crippen LogP contribution in [0.4, 0.5) is 11.4 Å². The first kappa shape index (κ1) is 13.2. The lowest BCUT2D eigenvalue weighted by molar-refractivity contribution is -0.383. The van der Waals surface area contributed by atoms with Crippen LogP contribution >= 0.6 is 0 Å². The number of rotatable bonds is 3. The molecule has 1 aliphatic heterocycles. The van der Waals surface area contributed by atoms with Crippen LogP contribution in [0.1, 0.15) is 0 Å². The van der Waals surface area contributed by atoms with Crippen molar-refractivity contribution in [2.75, 3.05) is 24.7 Å². The summed E-state index contributed by atoms with van der Waals surface area (Å²) in [5.41, 5.74) is 0.341. The molecule has 1 unspecified atom stereocenters. The van der Waals surface area contributed by atoms with Crippen LogP contribution in [0.3, 0.4) is 0 Å². The van der Waals surface area contributed by atoms with E-state index in [9.17, 15) is 20.0 Å². The van der Waals surface area contributed by atoms with Crippen molar-refractivity contribution in [2.45, 2.75) is 6.04 Å². The Labute approximate surface area is 117 Å². The number of hydrogen-bond acceptors (Lipinski definition) is 8. The smallest absolute Gasteiger partial charge is 0.328 e. The van der Waals surface area contributed by atoms with Crippen molar-refractivity contribution in [3.63, 3.8) is 0 Å². The third-order valence-electron chi connectivity index (χ3n) is 3.29. The van der Waals surface area contributed by atoms with Gasteiger partial charge in [0.15, 0.2) is 11.6 Å². The Morgan fingerprint density at radius 3 is 2.90 bits per heavy atom. The Morgan fingerprint density at radius 2 is 2.19 bits per heavy atom. The van der Waals surface area contributed by atoms with Gasteiger partial charge in [0.05, 0.1) is 23.8 Å². The Bertz CT molecular complexity index is 714. The maximum absolute atomic E-state index is 11.3.